The van der Waals surface area contributed by atoms with Crippen molar-refractivity contribution in [3.63, 3.8) is 0 Å². The van der Waals surface area contributed by atoms with Crippen molar-refractivity contribution in [2.75, 3.05) is 0 Å². The number of aliphatic hydroxyl groups is 1. The minimum atomic E-state index is -0.909. The van der Waals surface area contributed by atoms with Crippen molar-refractivity contribution in [3.8, 4) is 0 Å². The number of carbonyl (C=O) groups is 1. The highest BCUT2D eigenvalue weighted by Gasteiger charge is 2.07. The number of carboxylic acids is 1. The largest absolute Gasteiger partial charge is 0.478 e. The van der Waals surface area contributed by atoms with E-state index in [0.717, 1.165) is 18.4 Å². The number of hydrogen-bond acceptors (Lipinski definition) is 2. The Balaban J connectivity index is 1.98. The Labute approximate surface area is 153 Å². The molecule has 1 atom stereocenters. The van der Waals surface area contributed by atoms with Gasteiger partial charge in [-0.1, -0.05) is 89.7 Å². The highest BCUT2D eigenvalue weighted by molar-refractivity contribution is 5.87. The Hall–Kier alpha value is -1.35. The lowest BCUT2D eigenvalue weighted by Crippen LogP contribution is -2.10. The fourth-order valence-corrected chi connectivity index (χ4v) is 3.20. The lowest BCUT2D eigenvalue weighted by Gasteiger charge is -2.10. The predicted octanol–water partition coefficient (Wildman–Crippen LogP) is 5.99. The molecule has 0 aliphatic carbocycles. The van der Waals surface area contributed by atoms with Gasteiger partial charge in [0.25, 0.3) is 0 Å². The second-order valence-corrected chi connectivity index (χ2v) is 7.18. The number of rotatable bonds is 15. The molecular weight excluding hydrogens is 312 g/mol. The molecule has 0 saturated heterocycles. The molecule has 2 N–H and O–H groups in total. The molecule has 25 heavy (non-hydrogen) atoms. The molecule has 1 aromatic carbocycles. The van der Waals surface area contributed by atoms with Crippen molar-refractivity contribution in [3.05, 3.63) is 35.4 Å². The molecule has 3 heteroatoms. The highest BCUT2D eigenvalue weighted by Crippen LogP contribution is 2.14. The maximum atomic E-state index is 10.8. The monoisotopic (exact) mass is 348 g/mol. The van der Waals surface area contributed by atoms with Crippen LogP contribution in [0.4, 0.5) is 0 Å². The fourth-order valence-electron chi connectivity index (χ4n) is 3.20. The predicted molar refractivity (Wildman–Crippen MR) is 104 cm³/mol. The summed E-state index contributed by atoms with van der Waals surface area (Å²) in [5.74, 6) is -0.909. The van der Waals surface area contributed by atoms with Crippen LogP contribution in [0, 0.1) is 0 Å². The summed E-state index contributed by atoms with van der Waals surface area (Å²) >= 11 is 0. The molecule has 1 rings (SSSR count). The summed E-state index contributed by atoms with van der Waals surface area (Å²) in [6.45, 7) is 2.26. The first kappa shape index (κ1) is 21.7. The SMILES string of the molecule is CCCCCCCCCCCCCC(O)Cc1ccc(C(=O)O)cc1. The molecule has 142 valence electrons. The Morgan fingerprint density at radius 3 is 1.80 bits per heavy atom. The van der Waals surface area contributed by atoms with Crippen LogP contribution < -0.4 is 0 Å². The van der Waals surface area contributed by atoms with Gasteiger partial charge >= 0.3 is 5.97 Å². The Morgan fingerprint density at radius 2 is 1.32 bits per heavy atom. The van der Waals surface area contributed by atoms with Crippen molar-refractivity contribution in [1.82, 2.24) is 0 Å². The number of benzene rings is 1. The summed E-state index contributed by atoms with van der Waals surface area (Å²) in [7, 11) is 0. The third kappa shape index (κ3) is 11.0. The van der Waals surface area contributed by atoms with Crippen molar-refractivity contribution < 1.29 is 15.0 Å². The van der Waals surface area contributed by atoms with Gasteiger partial charge in [-0.15, -0.1) is 0 Å². The van der Waals surface area contributed by atoms with E-state index >= 15 is 0 Å². The normalized spacial score (nSPS) is 12.2. The van der Waals surface area contributed by atoms with E-state index in [9.17, 15) is 9.90 Å². The molecule has 0 spiro atoms. The quantitative estimate of drug-likeness (QED) is 0.383. The minimum absolute atomic E-state index is 0.295. The van der Waals surface area contributed by atoms with Gasteiger partial charge in [0, 0.05) is 0 Å². The molecule has 0 aliphatic heterocycles. The molecule has 1 aromatic rings. The van der Waals surface area contributed by atoms with Gasteiger partial charge < -0.3 is 10.2 Å². The molecular formula is C22H36O3. The average Bonchev–Trinajstić information content (AvgIpc) is 2.60. The molecule has 3 nitrogen and oxygen atoms in total. The maximum Gasteiger partial charge on any atom is 0.335 e. The molecule has 0 aromatic heterocycles. The van der Waals surface area contributed by atoms with Gasteiger partial charge in [-0.2, -0.15) is 0 Å². The average molecular weight is 349 g/mol. The first-order valence-corrected chi connectivity index (χ1v) is 10.1. The number of carboxylic acid groups (broad SMARTS) is 1. The summed E-state index contributed by atoms with van der Waals surface area (Å²) in [6, 6.07) is 6.81. The lowest BCUT2D eigenvalue weighted by molar-refractivity contribution is 0.0697. The van der Waals surface area contributed by atoms with Crippen molar-refractivity contribution in [2.45, 2.75) is 96.5 Å². The van der Waals surface area contributed by atoms with Gasteiger partial charge in [0.15, 0.2) is 0 Å². The van der Waals surface area contributed by atoms with Gasteiger partial charge in [-0.05, 0) is 30.5 Å². The van der Waals surface area contributed by atoms with Crippen molar-refractivity contribution in [1.29, 1.82) is 0 Å². The maximum absolute atomic E-state index is 10.8. The second kappa shape index (κ2) is 13.9. The lowest BCUT2D eigenvalue weighted by atomic mass is 10.0. The zero-order valence-electron chi connectivity index (χ0n) is 15.9. The van der Waals surface area contributed by atoms with Gasteiger partial charge in [-0.3, -0.25) is 0 Å². The number of aromatic carboxylic acids is 1. The van der Waals surface area contributed by atoms with Crippen LogP contribution in [-0.4, -0.2) is 22.3 Å². The van der Waals surface area contributed by atoms with Crippen LogP contribution in [0.3, 0.4) is 0 Å². The Kier molecular flexibility index (Phi) is 12.0. The van der Waals surface area contributed by atoms with Crippen LogP contribution in [0.25, 0.3) is 0 Å². The van der Waals surface area contributed by atoms with E-state index in [1.807, 2.05) is 0 Å². The van der Waals surface area contributed by atoms with Crippen molar-refractivity contribution in [2.24, 2.45) is 0 Å². The molecule has 1 unspecified atom stereocenters. The molecule has 0 amide bonds. The fraction of sp³-hybridized carbons (Fsp3) is 0.682. The first-order chi connectivity index (χ1) is 12.1. The summed E-state index contributed by atoms with van der Waals surface area (Å²) in [5, 5.41) is 19.0. The summed E-state index contributed by atoms with van der Waals surface area (Å²) in [4.78, 5) is 10.8. The van der Waals surface area contributed by atoms with Crippen LogP contribution in [0.2, 0.25) is 0 Å². The number of unbranched alkanes of at least 4 members (excludes halogenated alkanes) is 10. The van der Waals surface area contributed by atoms with E-state index in [0.29, 0.717) is 12.0 Å². The van der Waals surface area contributed by atoms with Crippen LogP contribution >= 0.6 is 0 Å². The zero-order chi connectivity index (χ0) is 18.3. The summed E-state index contributed by atoms with van der Waals surface area (Å²) < 4.78 is 0. The van der Waals surface area contributed by atoms with Crippen LogP contribution in [0.1, 0.15) is 99.9 Å². The molecule has 0 heterocycles. The summed E-state index contributed by atoms with van der Waals surface area (Å²) in [6.07, 6.45) is 15.6. The van der Waals surface area contributed by atoms with Crippen LogP contribution in [-0.2, 0) is 6.42 Å². The molecule has 0 fully saturated rings. The standard InChI is InChI=1S/C22H36O3/c1-2-3-4-5-6-7-8-9-10-11-12-13-21(23)18-19-14-16-20(17-15-19)22(24)25/h14-17,21,23H,2-13,18H2,1H3,(H,24,25). The number of aliphatic hydroxyl groups excluding tert-OH is 1. The van der Waals surface area contributed by atoms with E-state index in [1.165, 1.54) is 64.2 Å². The Bertz CT molecular complexity index is 453. The minimum Gasteiger partial charge on any atom is -0.478 e. The first-order valence-electron chi connectivity index (χ1n) is 10.1. The van der Waals surface area contributed by atoms with Gasteiger partial charge in [0.1, 0.15) is 0 Å². The molecule has 0 aliphatic rings. The highest BCUT2D eigenvalue weighted by atomic mass is 16.4. The van der Waals surface area contributed by atoms with E-state index < -0.39 is 5.97 Å². The Morgan fingerprint density at radius 1 is 0.840 bits per heavy atom. The summed E-state index contributed by atoms with van der Waals surface area (Å²) in [5.41, 5.74) is 1.30. The van der Waals surface area contributed by atoms with Crippen LogP contribution in [0.5, 0.6) is 0 Å². The van der Waals surface area contributed by atoms with Gasteiger partial charge in [0.2, 0.25) is 0 Å². The number of hydrogen-bond donors (Lipinski definition) is 2. The van der Waals surface area contributed by atoms with E-state index in [1.54, 1.807) is 24.3 Å². The topological polar surface area (TPSA) is 57.5 Å². The van der Waals surface area contributed by atoms with E-state index in [-0.39, 0.29) is 6.10 Å². The van der Waals surface area contributed by atoms with Gasteiger partial charge in [-0.25, -0.2) is 4.79 Å². The zero-order valence-corrected chi connectivity index (χ0v) is 15.9. The molecule has 0 bridgehead atoms. The van der Waals surface area contributed by atoms with Crippen LogP contribution in [0.15, 0.2) is 24.3 Å². The van der Waals surface area contributed by atoms with Crippen molar-refractivity contribution >= 4 is 5.97 Å². The molecule has 0 radical (unpaired) electrons. The second-order valence-electron chi connectivity index (χ2n) is 7.18. The molecule has 0 saturated carbocycles. The smallest absolute Gasteiger partial charge is 0.335 e. The third-order valence-corrected chi connectivity index (χ3v) is 4.81. The van der Waals surface area contributed by atoms with E-state index in [4.69, 9.17) is 5.11 Å². The van der Waals surface area contributed by atoms with Gasteiger partial charge in [0.05, 0.1) is 11.7 Å². The van der Waals surface area contributed by atoms with E-state index in [2.05, 4.69) is 6.92 Å². The third-order valence-electron chi connectivity index (χ3n) is 4.81.